The van der Waals surface area contributed by atoms with Gasteiger partial charge in [0.2, 0.25) is 0 Å². The van der Waals surface area contributed by atoms with Gasteiger partial charge in [0, 0.05) is 23.1 Å². The molecule has 5 rings (SSSR count). The maximum Gasteiger partial charge on any atom is 0.338 e. The third kappa shape index (κ3) is 5.50. The van der Waals surface area contributed by atoms with E-state index >= 15 is 0 Å². The van der Waals surface area contributed by atoms with Crippen molar-refractivity contribution in [2.45, 2.75) is 42.9 Å². The number of furan rings is 1. The lowest BCUT2D eigenvalue weighted by molar-refractivity contribution is -0.384. The van der Waals surface area contributed by atoms with Crippen molar-refractivity contribution in [2.24, 2.45) is 4.99 Å². The van der Waals surface area contributed by atoms with Gasteiger partial charge < -0.3 is 9.15 Å². The van der Waals surface area contributed by atoms with Crippen LogP contribution in [-0.4, -0.2) is 21.6 Å². The maximum absolute atomic E-state index is 13.7. The maximum atomic E-state index is 13.7. The number of nitro groups is 1. The first-order valence-electron chi connectivity index (χ1n) is 12.0. The first-order chi connectivity index (χ1) is 18.7. The summed E-state index contributed by atoms with van der Waals surface area (Å²) < 4.78 is 13.1. The van der Waals surface area contributed by atoms with Crippen molar-refractivity contribution >= 4 is 40.8 Å². The van der Waals surface area contributed by atoms with Gasteiger partial charge in [-0.25, -0.2) is 9.79 Å². The molecule has 11 heteroatoms. The Bertz CT molecular complexity index is 1780. The number of nitrogens with zero attached hydrogens (tertiary/aromatic N) is 3. The second kappa shape index (κ2) is 10.9. The molecule has 0 saturated heterocycles. The van der Waals surface area contributed by atoms with Gasteiger partial charge in [-0.15, -0.1) is 0 Å². The summed E-state index contributed by atoms with van der Waals surface area (Å²) in [5.41, 5.74) is 0.389. The Morgan fingerprint density at radius 1 is 1.18 bits per heavy atom. The number of benzene rings is 2. The van der Waals surface area contributed by atoms with Crippen LogP contribution in [0.2, 0.25) is 0 Å². The van der Waals surface area contributed by atoms with E-state index in [0.29, 0.717) is 31.4 Å². The van der Waals surface area contributed by atoms with Crippen LogP contribution in [0.5, 0.6) is 0 Å². The zero-order valence-corrected chi connectivity index (χ0v) is 22.8. The van der Waals surface area contributed by atoms with Crippen LogP contribution in [0, 0.1) is 10.1 Å². The predicted molar refractivity (Wildman–Crippen MR) is 147 cm³/mol. The predicted octanol–water partition coefficient (Wildman–Crippen LogP) is 4.84. The number of aromatic nitrogens is 1. The zero-order chi connectivity index (χ0) is 27.7. The fraction of sp³-hybridized carbons (Fsp3) is 0.179. The molecule has 9 nitrogen and oxygen atoms in total. The van der Waals surface area contributed by atoms with Gasteiger partial charge in [0.15, 0.2) is 9.89 Å². The number of allylic oxidation sites excluding steroid dienone is 1. The minimum Gasteiger partial charge on any atom is -0.459 e. The van der Waals surface area contributed by atoms with Gasteiger partial charge in [0.1, 0.15) is 5.76 Å². The Morgan fingerprint density at radius 2 is 1.95 bits per heavy atom. The van der Waals surface area contributed by atoms with E-state index in [1.54, 1.807) is 39.0 Å². The van der Waals surface area contributed by atoms with Crippen LogP contribution in [0.15, 0.2) is 102 Å². The second-order valence-corrected chi connectivity index (χ2v) is 11.0. The van der Waals surface area contributed by atoms with E-state index in [0.717, 1.165) is 16.2 Å². The average Bonchev–Trinajstić information content (AvgIpc) is 3.46. The monoisotopic (exact) mass is 561 g/mol. The fourth-order valence-corrected chi connectivity index (χ4v) is 6.01. The van der Waals surface area contributed by atoms with Gasteiger partial charge in [-0.2, -0.15) is 0 Å². The molecule has 0 N–H and O–H groups in total. The SMILES string of the molecule is CC1=C(C(=O)OC(C)C)[C@@H](c2cccc([N+](=O)[O-])c2)n2c(s/c(=C/c3ccc(Sc4ccccc4)o3)c2=O)=N1. The number of esters is 1. The highest BCUT2D eigenvalue weighted by atomic mass is 32.2. The highest BCUT2D eigenvalue weighted by molar-refractivity contribution is 7.99. The van der Waals surface area contributed by atoms with Gasteiger partial charge in [-0.1, -0.05) is 53.4 Å². The van der Waals surface area contributed by atoms with Crippen molar-refractivity contribution in [1.82, 2.24) is 4.57 Å². The summed E-state index contributed by atoms with van der Waals surface area (Å²) in [6.45, 7) is 5.11. The fourth-order valence-electron chi connectivity index (χ4n) is 4.18. The van der Waals surface area contributed by atoms with Crippen molar-refractivity contribution in [3.8, 4) is 0 Å². The lowest BCUT2D eigenvalue weighted by Crippen LogP contribution is -2.40. The smallest absolute Gasteiger partial charge is 0.338 e. The molecule has 0 amide bonds. The van der Waals surface area contributed by atoms with Gasteiger partial charge >= 0.3 is 5.97 Å². The number of hydrogen-bond donors (Lipinski definition) is 0. The first-order valence-corrected chi connectivity index (χ1v) is 13.6. The molecule has 0 unspecified atom stereocenters. The van der Waals surface area contributed by atoms with Crippen molar-refractivity contribution in [3.05, 3.63) is 119 Å². The number of rotatable bonds is 7. The molecular formula is C28H23N3O6S2. The Hall–Kier alpha value is -4.22. The highest BCUT2D eigenvalue weighted by Crippen LogP contribution is 2.33. The summed E-state index contributed by atoms with van der Waals surface area (Å²) in [6.07, 6.45) is 1.23. The third-order valence-electron chi connectivity index (χ3n) is 5.82. The number of carbonyl (C=O) groups excluding carboxylic acids is 1. The molecule has 0 radical (unpaired) electrons. The summed E-state index contributed by atoms with van der Waals surface area (Å²) in [5.74, 6) is -0.147. The molecule has 0 saturated carbocycles. The number of thiazole rings is 1. The molecule has 0 aliphatic carbocycles. The van der Waals surface area contributed by atoms with E-state index in [1.807, 2.05) is 36.4 Å². The number of ether oxygens (including phenoxy) is 1. The summed E-state index contributed by atoms with van der Waals surface area (Å²) in [7, 11) is 0. The molecule has 2 aromatic heterocycles. The van der Waals surface area contributed by atoms with Crippen LogP contribution in [0.25, 0.3) is 6.08 Å². The Balaban J connectivity index is 1.61. The van der Waals surface area contributed by atoms with Gasteiger partial charge in [-0.3, -0.25) is 19.5 Å². The zero-order valence-electron chi connectivity index (χ0n) is 21.2. The molecule has 4 aromatic rings. The van der Waals surface area contributed by atoms with E-state index in [9.17, 15) is 19.7 Å². The summed E-state index contributed by atoms with van der Waals surface area (Å²) in [6, 6.07) is 18.3. The van der Waals surface area contributed by atoms with Crippen molar-refractivity contribution < 1.29 is 18.9 Å². The minimum atomic E-state index is -0.949. The van der Waals surface area contributed by atoms with E-state index in [4.69, 9.17) is 9.15 Å². The van der Waals surface area contributed by atoms with E-state index in [1.165, 1.54) is 34.5 Å². The number of fused-ring (bicyclic) bond motifs is 1. The standard InChI is InChI=1S/C28H23N3O6S2/c1-16(2)36-27(33)24-17(3)29-28-30(25(24)18-8-7-9-19(14-18)31(34)35)26(32)22(39-28)15-20-12-13-23(37-20)38-21-10-5-4-6-11-21/h4-16,25H,1-3H3/b22-15+/t25-/m1/s1. The van der Waals surface area contributed by atoms with Gasteiger partial charge in [0.25, 0.3) is 11.2 Å². The van der Waals surface area contributed by atoms with Crippen LogP contribution in [0.1, 0.15) is 38.1 Å². The molecule has 3 heterocycles. The molecule has 198 valence electrons. The molecule has 1 aliphatic rings. The largest absolute Gasteiger partial charge is 0.459 e. The molecule has 0 fully saturated rings. The van der Waals surface area contributed by atoms with Crippen molar-refractivity contribution in [3.63, 3.8) is 0 Å². The molecule has 39 heavy (non-hydrogen) atoms. The second-order valence-electron chi connectivity index (χ2n) is 8.96. The van der Waals surface area contributed by atoms with E-state index in [2.05, 4.69) is 4.99 Å². The molecular weight excluding hydrogens is 538 g/mol. The van der Waals surface area contributed by atoms with E-state index in [-0.39, 0.29) is 11.3 Å². The highest BCUT2D eigenvalue weighted by Gasteiger charge is 2.34. The Morgan fingerprint density at radius 3 is 2.67 bits per heavy atom. The van der Waals surface area contributed by atoms with E-state index < -0.39 is 28.6 Å². The lowest BCUT2D eigenvalue weighted by atomic mass is 9.95. The number of nitro benzene ring substituents is 1. The van der Waals surface area contributed by atoms with Crippen LogP contribution in [0.4, 0.5) is 5.69 Å². The molecule has 1 atom stereocenters. The summed E-state index contributed by atoms with van der Waals surface area (Å²) in [4.78, 5) is 43.8. The Kier molecular flexibility index (Phi) is 7.36. The van der Waals surface area contributed by atoms with Crippen LogP contribution < -0.4 is 14.9 Å². The van der Waals surface area contributed by atoms with Crippen molar-refractivity contribution in [1.29, 1.82) is 0 Å². The van der Waals surface area contributed by atoms with Gasteiger partial charge in [-0.05, 0) is 50.6 Å². The number of hydrogen-bond acceptors (Lipinski definition) is 9. The number of carbonyl (C=O) groups is 1. The van der Waals surface area contributed by atoms with Gasteiger partial charge in [0.05, 0.1) is 32.9 Å². The van der Waals surface area contributed by atoms with Crippen LogP contribution >= 0.6 is 23.1 Å². The lowest BCUT2D eigenvalue weighted by Gasteiger charge is -2.25. The molecule has 0 spiro atoms. The normalized spacial score (nSPS) is 15.3. The average molecular weight is 562 g/mol. The summed E-state index contributed by atoms with van der Waals surface area (Å²) >= 11 is 2.61. The van der Waals surface area contributed by atoms with Crippen LogP contribution in [-0.2, 0) is 9.53 Å². The topological polar surface area (TPSA) is 117 Å². The quantitative estimate of drug-likeness (QED) is 0.180. The molecule has 1 aliphatic heterocycles. The van der Waals surface area contributed by atoms with Crippen LogP contribution in [0.3, 0.4) is 0 Å². The third-order valence-corrected chi connectivity index (χ3v) is 7.73. The minimum absolute atomic E-state index is 0.153. The molecule has 2 aromatic carbocycles. The number of non-ortho nitro benzene ring substituents is 1. The summed E-state index contributed by atoms with van der Waals surface area (Å²) in [5, 5.41) is 12.2. The first kappa shape index (κ1) is 26.4. The molecule has 0 bridgehead atoms. The Labute approximate surface area is 230 Å². The van der Waals surface area contributed by atoms with Crippen molar-refractivity contribution in [2.75, 3.05) is 0 Å².